The summed E-state index contributed by atoms with van der Waals surface area (Å²) in [5, 5.41) is 11.3. The summed E-state index contributed by atoms with van der Waals surface area (Å²) >= 11 is 8.23. The van der Waals surface area contributed by atoms with E-state index in [-0.39, 0.29) is 23.2 Å². The standard InChI is InChI=1S/C21H14ClN7O2S2/c22-13-8-6-12(7-9-13)18-26-20(28-33-18)24-16(30)11-32-21-25-17-15(10-23-27-17)19(31)29(21)14-4-2-1-3-5-14/h1-10H,11H2,(H,23,27)(H,24,28,30). The molecule has 12 heteroatoms. The van der Waals surface area contributed by atoms with Gasteiger partial charge in [0, 0.05) is 10.6 Å². The van der Waals surface area contributed by atoms with Crippen LogP contribution in [0.3, 0.4) is 0 Å². The Morgan fingerprint density at radius 2 is 1.91 bits per heavy atom. The highest BCUT2D eigenvalue weighted by Crippen LogP contribution is 2.25. The lowest BCUT2D eigenvalue weighted by Gasteiger charge is -2.11. The second-order valence-corrected chi connectivity index (χ2v) is 8.90. The number of aromatic nitrogens is 6. The van der Waals surface area contributed by atoms with Gasteiger partial charge in [-0.2, -0.15) is 14.5 Å². The van der Waals surface area contributed by atoms with Crippen molar-refractivity contribution in [3.63, 3.8) is 0 Å². The topological polar surface area (TPSA) is 118 Å². The van der Waals surface area contributed by atoms with Crippen molar-refractivity contribution in [1.82, 2.24) is 29.1 Å². The zero-order chi connectivity index (χ0) is 22.8. The molecule has 3 heterocycles. The van der Waals surface area contributed by atoms with E-state index in [2.05, 4.69) is 29.9 Å². The smallest absolute Gasteiger partial charge is 0.269 e. The van der Waals surface area contributed by atoms with Gasteiger partial charge in [-0.3, -0.25) is 24.6 Å². The largest absolute Gasteiger partial charge is 0.293 e. The van der Waals surface area contributed by atoms with Gasteiger partial charge in [-0.1, -0.05) is 53.7 Å². The minimum absolute atomic E-state index is 0.00834. The molecule has 0 spiro atoms. The molecule has 5 aromatic rings. The SMILES string of the molecule is O=C(CSc1nc2[nH]ncc2c(=O)n1-c1ccccc1)Nc1nsc(-c2ccc(Cl)cc2)n1. The van der Waals surface area contributed by atoms with Crippen molar-refractivity contribution in [2.75, 3.05) is 11.1 Å². The third kappa shape index (κ3) is 4.51. The highest BCUT2D eigenvalue weighted by atomic mass is 35.5. The van der Waals surface area contributed by atoms with Crippen LogP contribution in [0.5, 0.6) is 0 Å². The molecule has 0 aliphatic carbocycles. The van der Waals surface area contributed by atoms with Gasteiger partial charge in [-0.25, -0.2) is 4.98 Å². The number of benzene rings is 2. The van der Waals surface area contributed by atoms with Gasteiger partial charge in [-0.15, -0.1) is 0 Å². The van der Waals surface area contributed by atoms with E-state index >= 15 is 0 Å². The Balaban J connectivity index is 1.34. The lowest BCUT2D eigenvalue weighted by Crippen LogP contribution is -2.22. The van der Waals surface area contributed by atoms with Gasteiger partial charge in [0.25, 0.3) is 5.56 Å². The Hall–Kier alpha value is -3.54. The molecule has 0 radical (unpaired) electrons. The van der Waals surface area contributed by atoms with Crippen LogP contribution in [0.2, 0.25) is 5.02 Å². The van der Waals surface area contributed by atoms with Gasteiger partial charge in [0.15, 0.2) is 10.8 Å². The summed E-state index contributed by atoms with van der Waals surface area (Å²) in [5.41, 5.74) is 1.60. The predicted octanol–water partition coefficient (Wildman–Crippen LogP) is 4.01. The van der Waals surface area contributed by atoms with Gasteiger partial charge in [0.2, 0.25) is 11.9 Å². The summed E-state index contributed by atoms with van der Waals surface area (Å²) < 4.78 is 5.66. The zero-order valence-electron chi connectivity index (χ0n) is 16.7. The number of aromatic amines is 1. The normalized spacial score (nSPS) is 11.1. The van der Waals surface area contributed by atoms with Crippen LogP contribution in [0.15, 0.2) is 70.7 Å². The summed E-state index contributed by atoms with van der Waals surface area (Å²) in [6.45, 7) is 0. The summed E-state index contributed by atoms with van der Waals surface area (Å²) in [6, 6.07) is 16.3. The summed E-state index contributed by atoms with van der Waals surface area (Å²) in [4.78, 5) is 34.4. The first-order chi connectivity index (χ1) is 16.1. The fourth-order valence-electron chi connectivity index (χ4n) is 3.05. The van der Waals surface area contributed by atoms with Crippen LogP contribution in [0.4, 0.5) is 5.95 Å². The highest BCUT2D eigenvalue weighted by molar-refractivity contribution is 7.99. The van der Waals surface area contributed by atoms with E-state index in [0.717, 1.165) is 17.3 Å². The highest BCUT2D eigenvalue weighted by Gasteiger charge is 2.17. The number of carbonyl (C=O) groups is 1. The second-order valence-electron chi connectivity index (χ2n) is 6.77. The average molecular weight is 496 g/mol. The molecule has 0 fully saturated rings. The lowest BCUT2D eigenvalue weighted by atomic mass is 10.2. The molecule has 0 bridgehead atoms. The van der Waals surface area contributed by atoms with E-state index in [9.17, 15) is 9.59 Å². The molecule has 0 aliphatic heterocycles. The number of nitrogens with one attached hydrogen (secondary N) is 2. The molecular weight excluding hydrogens is 482 g/mol. The van der Waals surface area contributed by atoms with E-state index in [1.54, 1.807) is 24.3 Å². The molecule has 164 valence electrons. The fraction of sp³-hybridized carbons (Fsp3) is 0.0476. The maximum atomic E-state index is 13.0. The van der Waals surface area contributed by atoms with Crippen molar-refractivity contribution < 1.29 is 4.79 Å². The minimum Gasteiger partial charge on any atom is -0.293 e. The number of hydrogen-bond donors (Lipinski definition) is 2. The molecule has 3 aromatic heterocycles. The maximum Gasteiger partial charge on any atom is 0.269 e. The molecule has 0 saturated carbocycles. The van der Waals surface area contributed by atoms with Gasteiger partial charge in [0.05, 0.1) is 17.6 Å². The number of para-hydroxylation sites is 1. The molecule has 0 aliphatic rings. The predicted molar refractivity (Wildman–Crippen MR) is 129 cm³/mol. The van der Waals surface area contributed by atoms with Crippen molar-refractivity contribution >= 4 is 57.8 Å². The Labute approximate surface area is 200 Å². The van der Waals surface area contributed by atoms with E-state index in [1.807, 2.05) is 30.3 Å². The van der Waals surface area contributed by atoms with Crippen molar-refractivity contribution in [3.05, 3.63) is 76.2 Å². The van der Waals surface area contributed by atoms with Gasteiger partial charge in [-0.05, 0) is 35.8 Å². The minimum atomic E-state index is -0.320. The van der Waals surface area contributed by atoms with E-state index in [4.69, 9.17) is 11.6 Å². The van der Waals surface area contributed by atoms with Crippen LogP contribution in [0.25, 0.3) is 27.3 Å². The van der Waals surface area contributed by atoms with Crippen molar-refractivity contribution in [1.29, 1.82) is 0 Å². The first kappa shape index (κ1) is 21.3. The summed E-state index contributed by atoms with van der Waals surface area (Å²) in [5.74, 6) is -0.0963. The third-order valence-electron chi connectivity index (χ3n) is 4.57. The number of anilines is 1. The fourth-order valence-corrected chi connectivity index (χ4v) is 4.61. The Morgan fingerprint density at radius 1 is 1.12 bits per heavy atom. The van der Waals surface area contributed by atoms with Crippen LogP contribution >= 0.6 is 34.9 Å². The van der Waals surface area contributed by atoms with Crippen molar-refractivity contribution in [2.45, 2.75) is 5.16 Å². The number of carbonyl (C=O) groups excluding carboxylic acids is 1. The number of fused-ring (bicyclic) bond motifs is 1. The number of H-pyrrole nitrogens is 1. The molecule has 5 rings (SSSR count). The molecule has 9 nitrogen and oxygen atoms in total. The zero-order valence-corrected chi connectivity index (χ0v) is 19.1. The molecule has 0 saturated heterocycles. The average Bonchev–Trinajstić information content (AvgIpc) is 3.49. The van der Waals surface area contributed by atoms with Crippen LogP contribution in [0.1, 0.15) is 0 Å². The molecule has 33 heavy (non-hydrogen) atoms. The number of halogens is 1. The maximum absolute atomic E-state index is 13.0. The van der Waals surface area contributed by atoms with Crippen molar-refractivity contribution in [2.24, 2.45) is 0 Å². The number of hydrogen-bond acceptors (Lipinski definition) is 8. The van der Waals surface area contributed by atoms with Gasteiger partial charge in [0.1, 0.15) is 10.4 Å². The molecule has 2 N–H and O–H groups in total. The molecule has 1 amide bonds. The molecule has 2 aromatic carbocycles. The van der Waals surface area contributed by atoms with Crippen LogP contribution < -0.4 is 10.9 Å². The quantitative estimate of drug-likeness (QED) is 0.270. The third-order valence-corrected chi connectivity index (χ3v) is 6.52. The number of nitrogens with zero attached hydrogens (tertiary/aromatic N) is 5. The van der Waals surface area contributed by atoms with Gasteiger partial charge >= 0.3 is 0 Å². The van der Waals surface area contributed by atoms with Crippen LogP contribution in [-0.4, -0.2) is 40.8 Å². The van der Waals surface area contributed by atoms with E-state index in [0.29, 0.717) is 31.9 Å². The summed E-state index contributed by atoms with van der Waals surface area (Å²) in [6.07, 6.45) is 1.44. The Morgan fingerprint density at radius 3 is 2.70 bits per heavy atom. The van der Waals surface area contributed by atoms with E-state index < -0.39 is 0 Å². The van der Waals surface area contributed by atoms with Crippen LogP contribution in [0, 0.1) is 0 Å². The van der Waals surface area contributed by atoms with Gasteiger partial charge < -0.3 is 0 Å². The van der Waals surface area contributed by atoms with Crippen LogP contribution in [-0.2, 0) is 4.79 Å². The number of amides is 1. The molecule has 0 atom stereocenters. The van der Waals surface area contributed by atoms with Crippen molar-refractivity contribution in [3.8, 4) is 16.3 Å². The molecule has 0 unspecified atom stereocenters. The monoisotopic (exact) mass is 495 g/mol. The first-order valence-electron chi connectivity index (χ1n) is 9.62. The number of thioether (sulfide) groups is 1. The first-order valence-corrected chi connectivity index (χ1v) is 11.8. The second kappa shape index (κ2) is 9.14. The molecular formula is C21H14ClN7O2S2. The summed E-state index contributed by atoms with van der Waals surface area (Å²) in [7, 11) is 0. The number of rotatable bonds is 6. The van der Waals surface area contributed by atoms with E-state index in [1.165, 1.54) is 22.3 Å². The Bertz CT molecular complexity index is 1500. The Kier molecular flexibility index (Phi) is 5.90. The lowest BCUT2D eigenvalue weighted by molar-refractivity contribution is -0.113.